The van der Waals surface area contributed by atoms with Gasteiger partial charge in [-0.2, -0.15) is 5.10 Å². The Morgan fingerprint density at radius 2 is 1.97 bits per heavy atom. The molecule has 0 spiro atoms. The van der Waals surface area contributed by atoms with Crippen LogP contribution in [-0.2, 0) is 17.9 Å². The summed E-state index contributed by atoms with van der Waals surface area (Å²) in [5, 5.41) is 13.2. The number of rotatable bonds is 4. The molecule has 1 atom stereocenters. The minimum absolute atomic E-state index is 0.239. The van der Waals surface area contributed by atoms with Crippen molar-refractivity contribution >= 4 is 28.1 Å². The van der Waals surface area contributed by atoms with Gasteiger partial charge in [-0.1, -0.05) is 11.2 Å². The van der Waals surface area contributed by atoms with E-state index in [2.05, 4.69) is 31.5 Å². The standard InChI is InChI=1S/C24H20FN7O/c1-14-18-10-16(29-24-22-15(12-28-24)4-2-8-26-22)6-7-21(18)32(30-14)13-17-11-20(31-33-17)23-19(25)5-3-9-27-23/h2-10,17H,11-13H2,1H3,(H,28,29). The molecule has 8 nitrogen and oxygen atoms in total. The van der Waals surface area contributed by atoms with E-state index in [1.807, 2.05) is 35.9 Å². The zero-order valence-electron chi connectivity index (χ0n) is 17.9. The van der Waals surface area contributed by atoms with Crippen LogP contribution < -0.4 is 5.32 Å². The van der Waals surface area contributed by atoms with Gasteiger partial charge in [0.2, 0.25) is 0 Å². The first-order valence-electron chi connectivity index (χ1n) is 10.7. The number of oxime groups is 1. The SMILES string of the molecule is Cc1nn(CC2CC(c3ncccc3F)=NO2)c2ccc(NC3=NCc4cccnc43)cc12. The third-order valence-corrected chi connectivity index (χ3v) is 5.86. The lowest BCUT2D eigenvalue weighted by molar-refractivity contribution is 0.0707. The van der Waals surface area contributed by atoms with Crippen molar-refractivity contribution in [2.75, 3.05) is 5.32 Å². The molecular formula is C24H20FN7O. The van der Waals surface area contributed by atoms with Crippen LogP contribution in [0.3, 0.4) is 0 Å². The molecule has 1 N–H and O–H groups in total. The second kappa shape index (κ2) is 7.77. The summed E-state index contributed by atoms with van der Waals surface area (Å²) in [5.74, 6) is 0.381. The van der Waals surface area contributed by atoms with E-state index in [4.69, 9.17) is 9.94 Å². The number of halogens is 1. The average Bonchev–Trinajstić information content (AvgIpc) is 3.53. The molecule has 6 rings (SSSR count). The molecule has 0 aliphatic carbocycles. The zero-order valence-corrected chi connectivity index (χ0v) is 17.9. The molecule has 0 radical (unpaired) electrons. The molecule has 2 aliphatic heterocycles. The molecule has 164 valence electrons. The summed E-state index contributed by atoms with van der Waals surface area (Å²) in [7, 11) is 0. The highest BCUT2D eigenvalue weighted by atomic mass is 19.1. The summed E-state index contributed by atoms with van der Waals surface area (Å²) in [6.45, 7) is 3.12. The second-order valence-corrected chi connectivity index (χ2v) is 8.10. The molecule has 1 unspecified atom stereocenters. The van der Waals surface area contributed by atoms with Crippen molar-refractivity contribution in [2.24, 2.45) is 10.1 Å². The maximum atomic E-state index is 14.0. The first-order valence-corrected chi connectivity index (χ1v) is 10.7. The molecule has 3 aromatic heterocycles. The number of hydrogen-bond donors (Lipinski definition) is 1. The van der Waals surface area contributed by atoms with Gasteiger partial charge in [0.05, 0.1) is 24.3 Å². The maximum absolute atomic E-state index is 14.0. The Bertz CT molecular complexity index is 1440. The van der Waals surface area contributed by atoms with Crippen molar-refractivity contribution in [3.8, 4) is 0 Å². The highest BCUT2D eigenvalue weighted by Gasteiger charge is 2.26. The van der Waals surface area contributed by atoms with Crippen molar-refractivity contribution < 1.29 is 9.23 Å². The number of pyridine rings is 2. The van der Waals surface area contributed by atoms with Crippen LogP contribution in [0.2, 0.25) is 0 Å². The van der Waals surface area contributed by atoms with Crippen LogP contribution in [0.5, 0.6) is 0 Å². The van der Waals surface area contributed by atoms with Gasteiger partial charge in [0.1, 0.15) is 17.1 Å². The van der Waals surface area contributed by atoms with Crippen LogP contribution in [0.25, 0.3) is 10.9 Å². The molecular weight excluding hydrogens is 421 g/mol. The monoisotopic (exact) mass is 441 g/mol. The number of anilines is 1. The van der Waals surface area contributed by atoms with E-state index < -0.39 is 5.82 Å². The van der Waals surface area contributed by atoms with Crippen molar-refractivity contribution in [1.29, 1.82) is 0 Å². The van der Waals surface area contributed by atoms with Crippen LogP contribution >= 0.6 is 0 Å². The summed E-state index contributed by atoms with van der Waals surface area (Å²) in [4.78, 5) is 18.7. The van der Waals surface area contributed by atoms with Gasteiger partial charge in [0.15, 0.2) is 17.8 Å². The van der Waals surface area contributed by atoms with Gasteiger partial charge in [-0.3, -0.25) is 19.6 Å². The number of aliphatic imine (C=N–C) groups is 1. The lowest BCUT2D eigenvalue weighted by atomic mass is 10.1. The molecule has 0 saturated heterocycles. The van der Waals surface area contributed by atoms with Gasteiger partial charge in [-0.15, -0.1) is 0 Å². The lowest BCUT2D eigenvalue weighted by Gasteiger charge is -2.10. The predicted octanol–water partition coefficient (Wildman–Crippen LogP) is 3.84. The number of benzene rings is 1. The van der Waals surface area contributed by atoms with Crippen LogP contribution in [0.15, 0.2) is 65.0 Å². The highest BCUT2D eigenvalue weighted by Crippen LogP contribution is 2.26. The van der Waals surface area contributed by atoms with Gasteiger partial charge in [-0.25, -0.2) is 4.39 Å². The van der Waals surface area contributed by atoms with Crippen LogP contribution in [0, 0.1) is 12.7 Å². The molecule has 33 heavy (non-hydrogen) atoms. The van der Waals surface area contributed by atoms with Gasteiger partial charge in [0, 0.05) is 35.5 Å². The van der Waals surface area contributed by atoms with Gasteiger partial charge in [-0.05, 0) is 43.3 Å². The van der Waals surface area contributed by atoms with E-state index in [1.165, 1.54) is 6.07 Å². The van der Waals surface area contributed by atoms with E-state index in [9.17, 15) is 4.39 Å². The lowest BCUT2D eigenvalue weighted by Crippen LogP contribution is -2.18. The van der Waals surface area contributed by atoms with E-state index in [0.717, 1.165) is 39.4 Å². The number of amidine groups is 1. The smallest absolute Gasteiger partial charge is 0.152 e. The Morgan fingerprint density at radius 3 is 2.85 bits per heavy atom. The van der Waals surface area contributed by atoms with E-state index in [1.54, 1.807) is 18.5 Å². The first kappa shape index (κ1) is 19.5. The molecule has 0 saturated carbocycles. The minimum atomic E-state index is -0.398. The van der Waals surface area contributed by atoms with Gasteiger partial charge in [0.25, 0.3) is 0 Å². The third kappa shape index (κ3) is 3.51. The van der Waals surface area contributed by atoms with Gasteiger partial charge < -0.3 is 10.2 Å². The first-order chi connectivity index (χ1) is 16.2. The second-order valence-electron chi connectivity index (χ2n) is 8.10. The number of hydrogen-bond acceptors (Lipinski definition) is 7. The fraction of sp³-hybridized carbons (Fsp3) is 0.208. The molecule has 0 amide bonds. The summed E-state index contributed by atoms with van der Waals surface area (Å²) in [6.07, 6.45) is 3.56. The minimum Gasteiger partial charge on any atom is -0.390 e. The quantitative estimate of drug-likeness (QED) is 0.520. The number of nitrogens with one attached hydrogen (secondary N) is 1. The van der Waals surface area contributed by atoms with E-state index in [0.29, 0.717) is 25.2 Å². The fourth-order valence-electron chi connectivity index (χ4n) is 4.27. The van der Waals surface area contributed by atoms with Crippen molar-refractivity contribution in [1.82, 2.24) is 19.7 Å². The summed E-state index contributed by atoms with van der Waals surface area (Å²) >= 11 is 0. The van der Waals surface area contributed by atoms with Crippen LogP contribution in [0.1, 0.15) is 29.1 Å². The topological polar surface area (TPSA) is 89.6 Å². The zero-order chi connectivity index (χ0) is 22.4. The molecule has 0 bridgehead atoms. The predicted molar refractivity (Wildman–Crippen MR) is 123 cm³/mol. The number of nitrogens with zero attached hydrogens (tertiary/aromatic N) is 6. The third-order valence-electron chi connectivity index (χ3n) is 5.86. The fourth-order valence-corrected chi connectivity index (χ4v) is 4.27. The molecule has 4 aromatic rings. The Hall–Kier alpha value is -4.14. The van der Waals surface area contributed by atoms with Crippen molar-refractivity contribution in [2.45, 2.75) is 32.5 Å². The Balaban J connectivity index is 1.20. The number of aryl methyl sites for hydroxylation is 1. The molecule has 2 aliphatic rings. The average molecular weight is 441 g/mol. The van der Waals surface area contributed by atoms with E-state index in [-0.39, 0.29) is 11.8 Å². The Kier molecular flexibility index (Phi) is 4.60. The van der Waals surface area contributed by atoms with Crippen molar-refractivity contribution in [3.63, 3.8) is 0 Å². The van der Waals surface area contributed by atoms with E-state index >= 15 is 0 Å². The summed E-state index contributed by atoms with van der Waals surface area (Å²) in [6, 6.07) is 13.0. The molecule has 0 fully saturated rings. The number of fused-ring (bicyclic) bond motifs is 2. The van der Waals surface area contributed by atoms with Gasteiger partial charge >= 0.3 is 0 Å². The normalized spacial score (nSPS) is 17.0. The maximum Gasteiger partial charge on any atom is 0.152 e. The Morgan fingerprint density at radius 1 is 1.12 bits per heavy atom. The summed E-state index contributed by atoms with van der Waals surface area (Å²) < 4.78 is 16.0. The highest BCUT2D eigenvalue weighted by molar-refractivity contribution is 6.10. The Labute approximate surface area is 188 Å². The summed E-state index contributed by atoms with van der Waals surface area (Å²) in [5.41, 5.74) is 5.60. The molecule has 1 aromatic carbocycles. The molecule has 5 heterocycles. The molecule has 9 heteroatoms. The van der Waals surface area contributed by atoms with Crippen LogP contribution in [0.4, 0.5) is 10.1 Å². The van der Waals surface area contributed by atoms with Crippen LogP contribution in [-0.4, -0.2) is 37.4 Å². The largest absolute Gasteiger partial charge is 0.390 e. The van der Waals surface area contributed by atoms with Crippen molar-refractivity contribution in [3.05, 3.63) is 83.3 Å². The number of aromatic nitrogens is 4.